The largest absolute Gasteiger partial charge is 0.467 e. The van der Waals surface area contributed by atoms with Gasteiger partial charge in [-0.3, -0.25) is 9.59 Å². The Labute approximate surface area is 106 Å². The van der Waals surface area contributed by atoms with Crippen molar-refractivity contribution in [2.45, 2.75) is 38.8 Å². The van der Waals surface area contributed by atoms with E-state index in [0.717, 1.165) is 6.08 Å². The second-order valence-electron chi connectivity index (χ2n) is 4.58. The fourth-order valence-corrected chi connectivity index (χ4v) is 1.12. The minimum Gasteiger partial charge on any atom is -0.467 e. The number of ether oxygens (including phenoxy) is 2. The summed E-state index contributed by atoms with van der Waals surface area (Å²) in [6, 6.07) is -1.07. The summed E-state index contributed by atoms with van der Waals surface area (Å²) < 4.78 is 9.55. The lowest BCUT2D eigenvalue weighted by molar-refractivity contribution is -0.159. The number of rotatable bonds is 5. The second kappa shape index (κ2) is 6.78. The smallest absolute Gasteiger partial charge is 0.328 e. The molecule has 0 aliphatic rings. The fourth-order valence-electron chi connectivity index (χ4n) is 1.12. The zero-order valence-corrected chi connectivity index (χ0v) is 11.1. The van der Waals surface area contributed by atoms with Gasteiger partial charge in [-0.15, -0.1) is 0 Å². The number of nitrogens with one attached hydrogen (secondary N) is 1. The number of carbonyl (C=O) groups excluding carboxylic acids is 3. The van der Waals surface area contributed by atoms with Gasteiger partial charge in [0, 0.05) is 0 Å². The normalized spacial score (nSPS) is 12.2. The summed E-state index contributed by atoms with van der Waals surface area (Å²) in [5.74, 6) is -1.87. The number of hydrogen-bond acceptors (Lipinski definition) is 5. The van der Waals surface area contributed by atoms with Crippen LogP contribution in [0.15, 0.2) is 12.7 Å². The summed E-state index contributed by atoms with van der Waals surface area (Å²) >= 11 is 0. The maximum absolute atomic E-state index is 11.6. The van der Waals surface area contributed by atoms with Crippen molar-refractivity contribution in [3.8, 4) is 0 Å². The Hall–Kier alpha value is -1.85. The predicted octanol–water partition coefficient (Wildman–Crippen LogP) is 0.562. The van der Waals surface area contributed by atoms with Gasteiger partial charge in [0.1, 0.15) is 11.6 Å². The molecule has 0 saturated heterocycles. The quantitative estimate of drug-likeness (QED) is 0.575. The van der Waals surface area contributed by atoms with E-state index in [1.807, 2.05) is 0 Å². The first-order valence-corrected chi connectivity index (χ1v) is 5.42. The summed E-state index contributed by atoms with van der Waals surface area (Å²) in [4.78, 5) is 34.1. The molecule has 6 heteroatoms. The highest BCUT2D eigenvalue weighted by molar-refractivity contribution is 5.92. The average Bonchev–Trinajstić information content (AvgIpc) is 2.24. The van der Waals surface area contributed by atoms with Crippen LogP contribution in [-0.4, -0.2) is 36.6 Å². The van der Waals surface area contributed by atoms with Crippen molar-refractivity contribution in [3.05, 3.63) is 12.7 Å². The van der Waals surface area contributed by atoms with Crippen molar-refractivity contribution in [1.29, 1.82) is 0 Å². The van der Waals surface area contributed by atoms with Gasteiger partial charge in [0.05, 0.1) is 13.5 Å². The molecule has 1 amide bonds. The lowest BCUT2D eigenvalue weighted by Gasteiger charge is -2.21. The van der Waals surface area contributed by atoms with Crippen molar-refractivity contribution in [3.63, 3.8) is 0 Å². The van der Waals surface area contributed by atoms with E-state index < -0.39 is 29.5 Å². The Bertz CT molecular complexity index is 343. The van der Waals surface area contributed by atoms with E-state index in [0.29, 0.717) is 0 Å². The van der Waals surface area contributed by atoms with E-state index in [2.05, 4.69) is 16.6 Å². The molecule has 1 N–H and O–H groups in total. The Kier molecular flexibility index (Phi) is 6.08. The van der Waals surface area contributed by atoms with E-state index in [4.69, 9.17) is 4.74 Å². The molecule has 0 aromatic heterocycles. The van der Waals surface area contributed by atoms with Gasteiger partial charge in [-0.2, -0.15) is 0 Å². The summed E-state index contributed by atoms with van der Waals surface area (Å²) in [6.45, 7) is 8.38. The van der Waals surface area contributed by atoms with Crippen LogP contribution in [0.3, 0.4) is 0 Å². The minimum absolute atomic E-state index is 0.288. The molecule has 1 atom stereocenters. The summed E-state index contributed by atoms with van der Waals surface area (Å²) in [7, 11) is 1.17. The van der Waals surface area contributed by atoms with Crippen LogP contribution < -0.4 is 5.32 Å². The van der Waals surface area contributed by atoms with Crippen LogP contribution in [0.25, 0.3) is 0 Å². The summed E-state index contributed by atoms with van der Waals surface area (Å²) in [6.07, 6.45) is 0.717. The molecule has 0 spiro atoms. The molecule has 0 bridgehead atoms. The third kappa shape index (κ3) is 6.67. The molecule has 6 nitrogen and oxygen atoms in total. The molecule has 0 unspecified atom stereocenters. The highest BCUT2D eigenvalue weighted by Crippen LogP contribution is 2.09. The highest BCUT2D eigenvalue weighted by atomic mass is 16.6. The minimum atomic E-state index is -1.07. The molecular weight excluding hydrogens is 238 g/mol. The van der Waals surface area contributed by atoms with Crippen LogP contribution in [0.5, 0.6) is 0 Å². The Morgan fingerprint density at radius 3 is 2.28 bits per heavy atom. The van der Waals surface area contributed by atoms with Gasteiger partial charge in [-0.05, 0) is 26.8 Å². The van der Waals surface area contributed by atoms with Crippen molar-refractivity contribution in [1.82, 2.24) is 5.32 Å². The van der Waals surface area contributed by atoms with E-state index in [-0.39, 0.29) is 6.42 Å². The topological polar surface area (TPSA) is 81.7 Å². The van der Waals surface area contributed by atoms with Crippen LogP contribution in [0.2, 0.25) is 0 Å². The van der Waals surface area contributed by atoms with Crippen molar-refractivity contribution >= 4 is 17.8 Å². The standard InChI is InChI=1S/C12H19NO5/c1-6-9(14)13-8(11(16)17-5)7-10(15)18-12(2,3)4/h6,8H,1,7H2,2-5H3,(H,13,14)/t8-/m0/s1. The Balaban J connectivity index is 4.59. The first kappa shape index (κ1) is 16.1. The van der Waals surface area contributed by atoms with Gasteiger partial charge in [0.25, 0.3) is 0 Å². The van der Waals surface area contributed by atoms with Gasteiger partial charge >= 0.3 is 11.9 Å². The summed E-state index contributed by atoms with van der Waals surface area (Å²) in [5.41, 5.74) is -0.653. The van der Waals surface area contributed by atoms with E-state index in [1.165, 1.54) is 7.11 Å². The monoisotopic (exact) mass is 257 g/mol. The van der Waals surface area contributed by atoms with Gasteiger partial charge in [-0.25, -0.2) is 4.79 Å². The number of hydrogen-bond donors (Lipinski definition) is 1. The molecule has 0 heterocycles. The SMILES string of the molecule is C=CC(=O)N[C@@H](CC(=O)OC(C)(C)C)C(=O)OC. The molecule has 0 aliphatic carbocycles. The molecule has 0 saturated carbocycles. The first-order valence-electron chi connectivity index (χ1n) is 5.42. The number of amides is 1. The first-order chi connectivity index (χ1) is 8.19. The highest BCUT2D eigenvalue weighted by Gasteiger charge is 2.26. The Morgan fingerprint density at radius 2 is 1.89 bits per heavy atom. The van der Waals surface area contributed by atoms with Crippen molar-refractivity contribution in [2.24, 2.45) is 0 Å². The lowest BCUT2D eigenvalue weighted by atomic mass is 10.1. The van der Waals surface area contributed by atoms with Crippen LogP contribution in [-0.2, 0) is 23.9 Å². The molecule has 0 fully saturated rings. The van der Waals surface area contributed by atoms with Gasteiger partial charge in [0.15, 0.2) is 0 Å². The third-order valence-electron chi connectivity index (χ3n) is 1.78. The number of esters is 2. The molecule has 102 valence electrons. The predicted molar refractivity (Wildman–Crippen MR) is 64.6 cm³/mol. The van der Waals surface area contributed by atoms with E-state index >= 15 is 0 Å². The molecule has 0 rings (SSSR count). The number of methoxy groups -OCH3 is 1. The molecule has 18 heavy (non-hydrogen) atoms. The van der Waals surface area contributed by atoms with Crippen LogP contribution >= 0.6 is 0 Å². The molecule has 0 aromatic carbocycles. The van der Waals surface area contributed by atoms with Crippen molar-refractivity contribution in [2.75, 3.05) is 7.11 Å². The third-order valence-corrected chi connectivity index (χ3v) is 1.78. The number of carbonyl (C=O) groups is 3. The van der Waals surface area contributed by atoms with Crippen LogP contribution in [0, 0.1) is 0 Å². The Morgan fingerprint density at radius 1 is 1.33 bits per heavy atom. The van der Waals surface area contributed by atoms with Crippen LogP contribution in [0.4, 0.5) is 0 Å². The fraction of sp³-hybridized carbons (Fsp3) is 0.583. The van der Waals surface area contributed by atoms with E-state index in [1.54, 1.807) is 20.8 Å². The maximum Gasteiger partial charge on any atom is 0.328 e. The molecule has 0 aromatic rings. The van der Waals surface area contributed by atoms with Gasteiger partial charge in [0.2, 0.25) is 5.91 Å². The zero-order chi connectivity index (χ0) is 14.3. The average molecular weight is 257 g/mol. The van der Waals surface area contributed by atoms with Crippen LogP contribution in [0.1, 0.15) is 27.2 Å². The zero-order valence-electron chi connectivity index (χ0n) is 11.1. The van der Waals surface area contributed by atoms with E-state index in [9.17, 15) is 14.4 Å². The molecule has 0 radical (unpaired) electrons. The lowest BCUT2D eigenvalue weighted by Crippen LogP contribution is -2.43. The second-order valence-corrected chi connectivity index (χ2v) is 4.58. The van der Waals surface area contributed by atoms with Gasteiger partial charge in [-0.1, -0.05) is 6.58 Å². The maximum atomic E-state index is 11.6. The summed E-state index contributed by atoms with van der Waals surface area (Å²) in [5, 5.41) is 2.30. The van der Waals surface area contributed by atoms with Crippen molar-refractivity contribution < 1.29 is 23.9 Å². The van der Waals surface area contributed by atoms with Gasteiger partial charge < -0.3 is 14.8 Å². The molecule has 0 aliphatic heterocycles. The molecular formula is C12H19NO5.